The molecule has 1 rings (SSSR count). The highest BCUT2D eigenvalue weighted by molar-refractivity contribution is 5.79. The molecule has 0 spiro atoms. The standard InChI is InChI=1S/C9H15N5O4/c1-6(9(10)16)11-3-8(15)5-13-4-7(2-12-13)14(17)18/h2,4,6,8,11,15H,3,5H2,1H3,(H2,10,16). The largest absolute Gasteiger partial charge is 0.390 e. The quantitative estimate of drug-likeness (QED) is 0.406. The maximum Gasteiger partial charge on any atom is 0.306 e. The number of hydrogen-bond donors (Lipinski definition) is 3. The van der Waals surface area contributed by atoms with E-state index in [1.807, 2.05) is 0 Å². The van der Waals surface area contributed by atoms with Crippen molar-refractivity contribution in [1.29, 1.82) is 0 Å². The van der Waals surface area contributed by atoms with Crippen LogP contribution in [0.3, 0.4) is 0 Å². The summed E-state index contributed by atoms with van der Waals surface area (Å²) in [6, 6.07) is -0.549. The van der Waals surface area contributed by atoms with Gasteiger partial charge in [0, 0.05) is 6.54 Å². The molecular formula is C9H15N5O4. The van der Waals surface area contributed by atoms with Crippen LogP contribution in [0.2, 0.25) is 0 Å². The number of rotatable bonds is 7. The number of hydrogen-bond acceptors (Lipinski definition) is 6. The molecule has 2 unspecified atom stereocenters. The van der Waals surface area contributed by atoms with Crippen molar-refractivity contribution in [3.63, 3.8) is 0 Å². The summed E-state index contributed by atoms with van der Waals surface area (Å²) in [4.78, 5) is 20.6. The van der Waals surface area contributed by atoms with E-state index in [2.05, 4.69) is 10.4 Å². The summed E-state index contributed by atoms with van der Waals surface area (Å²) in [5.74, 6) is -0.517. The predicted octanol–water partition coefficient (Wildman–Crippen LogP) is -1.38. The maximum absolute atomic E-state index is 10.7. The van der Waals surface area contributed by atoms with Crippen molar-refractivity contribution in [1.82, 2.24) is 15.1 Å². The van der Waals surface area contributed by atoms with E-state index in [4.69, 9.17) is 5.73 Å². The van der Waals surface area contributed by atoms with Crippen molar-refractivity contribution in [2.75, 3.05) is 6.54 Å². The van der Waals surface area contributed by atoms with Crippen LogP contribution in [0.25, 0.3) is 0 Å². The number of nitro groups is 1. The zero-order valence-corrected chi connectivity index (χ0v) is 9.81. The van der Waals surface area contributed by atoms with Crippen LogP contribution in [-0.4, -0.2) is 44.4 Å². The van der Waals surface area contributed by atoms with Crippen molar-refractivity contribution in [3.8, 4) is 0 Å². The molecule has 0 saturated carbocycles. The molecule has 18 heavy (non-hydrogen) atoms. The zero-order valence-electron chi connectivity index (χ0n) is 9.81. The number of nitrogens with two attached hydrogens (primary N) is 1. The minimum Gasteiger partial charge on any atom is -0.390 e. The lowest BCUT2D eigenvalue weighted by atomic mass is 10.3. The van der Waals surface area contributed by atoms with E-state index in [0.29, 0.717) is 0 Å². The van der Waals surface area contributed by atoms with Gasteiger partial charge in [0.2, 0.25) is 5.91 Å². The van der Waals surface area contributed by atoms with Crippen LogP contribution < -0.4 is 11.1 Å². The summed E-state index contributed by atoms with van der Waals surface area (Å²) < 4.78 is 1.26. The Morgan fingerprint density at radius 3 is 2.94 bits per heavy atom. The molecule has 0 aliphatic carbocycles. The smallest absolute Gasteiger partial charge is 0.306 e. The summed E-state index contributed by atoms with van der Waals surface area (Å²) in [6.45, 7) is 1.80. The first kappa shape index (κ1) is 14.1. The molecule has 100 valence electrons. The minimum atomic E-state index is -0.827. The van der Waals surface area contributed by atoms with Crippen LogP contribution in [-0.2, 0) is 11.3 Å². The van der Waals surface area contributed by atoms with E-state index in [0.717, 1.165) is 6.20 Å². The van der Waals surface area contributed by atoms with E-state index in [1.54, 1.807) is 6.92 Å². The molecule has 1 aromatic heterocycles. The van der Waals surface area contributed by atoms with Gasteiger partial charge in [0.25, 0.3) is 0 Å². The first-order valence-corrected chi connectivity index (χ1v) is 5.27. The predicted molar refractivity (Wildman–Crippen MR) is 61.5 cm³/mol. The average molecular weight is 257 g/mol. The Bertz CT molecular complexity index is 432. The SMILES string of the molecule is CC(NCC(O)Cn1cc([N+](=O)[O-])cn1)C(N)=O. The second-order valence-electron chi connectivity index (χ2n) is 3.86. The summed E-state index contributed by atoms with van der Waals surface area (Å²) >= 11 is 0. The molecule has 0 saturated heterocycles. The highest BCUT2D eigenvalue weighted by Gasteiger charge is 2.14. The summed E-state index contributed by atoms with van der Waals surface area (Å²) in [6.07, 6.45) is 1.50. The van der Waals surface area contributed by atoms with Crippen molar-refractivity contribution in [3.05, 3.63) is 22.5 Å². The van der Waals surface area contributed by atoms with Crippen molar-refractivity contribution >= 4 is 11.6 Å². The van der Waals surface area contributed by atoms with Gasteiger partial charge in [-0.25, -0.2) is 0 Å². The number of primary amides is 1. The number of aromatic nitrogens is 2. The van der Waals surface area contributed by atoms with Crippen LogP contribution in [0.4, 0.5) is 5.69 Å². The molecule has 1 aromatic rings. The molecule has 0 fully saturated rings. The van der Waals surface area contributed by atoms with Crippen molar-refractivity contribution < 1.29 is 14.8 Å². The van der Waals surface area contributed by atoms with Gasteiger partial charge in [-0.05, 0) is 6.92 Å². The van der Waals surface area contributed by atoms with Gasteiger partial charge in [-0.2, -0.15) is 5.10 Å². The summed E-state index contributed by atoms with van der Waals surface area (Å²) in [5.41, 5.74) is 4.90. The third-order valence-electron chi connectivity index (χ3n) is 2.31. The van der Waals surface area contributed by atoms with E-state index in [9.17, 15) is 20.0 Å². The Hall–Kier alpha value is -2.00. The van der Waals surface area contributed by atoms with E-state index < -0.39 is 23.0 Å². The van der Waals surface area contributed by atoms with E-state index >= 15 is 0 Å². The zero-order chi connectivity index (χ0) is 13.7. The average Bonchev–Trinajstić information content (AvgIpc) is 2.74. The van der Waals surface area contributed by atoms with Crippen LogP contribution in [0, 0.1) is 10.1 Å². The van der Waals surface area contributed by atoms with Gasteiger partial charge in [-0.3, -0.25) is 19.6 Å². The summed E-state index contributed by atoms with van der Waals surface area (Å²) in [7, 11) is 0. The fourth-order valence-corrected chi connectivity index (χ4v) is 1.24. The molecule has 1 amide bonds. The normalized spacial score (nSPS) is 14.1. The van der Waals surface area contributed by atoms with Gasteiger partial charge < -0.3 is 16.2 Å². The molecule has 0 aliphatic heterocycles. The fraction of sp³-hybridized carbons (Fsp3) is 0.556. The Balaban J connectivity index is 2.41. The van der Waals surface area contributed by atoms with E-state index in [-0.39, 0.29) is 18.8 Å². The molecular weight excluding hydrogens is 242 g/mol. The first-order valence-electron chi connectivity index (χ1n) is 5.27. The number of carbonyl (C=O) groups is 1. The minimum absolute atomic E-state index is 0.0896. The van der Waals surface area contributed by atoms with Crippen molar-refractivity contribution in [2.45, 2.75) is 25.6 Å². The van der Waals surface area contributed by atoms with Crippen LogP contribution in [0.5, 0.6) is 0 Å². The van der Waals surface area contributed by atoms with Gasteiger partial charge in [-0.1, -0.05) is 0 Å². The topological polar surface area (TPSA) is 136 Å². The number of aliphatic hydroxyl groups excluding tert-OH is 1. The first-order chi connectivity index (χ1) is 8.40. The Morgan fingerprint density at radius 1 is 1.78 bits per heavy atom. The molecule has 0 aliphatic rings. The highest BCUT2D eigenvalue weighted by Crippen LogP contribution is 2.07. The second kappa shape index (κ2) is 6.07. The number of nitrogens with one attached hydrogen (secondary N) is 1. The molecule has 0 radical (unpaired) electrons. The molecule has 9 heteroatoms. The van der Waals surface area contributed by atoms with E-state index in [1.165, 1.54) is 10.9 Å². The van der Waals surface area contributed by atoms with Crippen LogP contribution in [0.1, 0.15) is 6.92 Å². The lowest BCUT2D eigenvalue weighted by molar-refractivity contribution is -0.385. The number of aliphatic hydroxyl groups is 1. The molecule has 9 nitrogen and oxygen atoms in total. The molecule has 1 heterocycles. The monoisotopic (exact) mass is 257 g/mol. The van der Waals surface area contributed by atoms with Gasteiger partial charge in [-0.15, -0.1) is 0 Å². The lowest BCUT2D eigenvalue weighted by Crippen LogP contribution is -2.43. The number of amides is 1. The second-order valence-corrected chi connectivity index (χ2v) is 3.86. The highest BCUT2D eigenvalue weighted by atomic mass is 16.6. The van der Waals surface area contributed by atoms with Gasteiger partial charge in [0.05, 0.1) is 23.6 Å². The molecule has 4 N–H and O–H groups in total. The Morgan fingerprint density at radius 2 is 2.44 bits per heavy atom. The van der Waals surface area contributed by atoms with Crippen molar-refractivity contribution in [2.24, 2.45) is 5.73 Å². The third kappa shape index (κ3) is 4.11. The Labute approximate surface area is 103 Å². The number of nitrogens with zero attached hydrogens (tertiary/aromatic N) is 3. The summed E-state index contributed by atoms with van der Waals surface area (Å²) in [5, 5.41) is 26.5. The fourth-order valence-electron chi connectivity index (χ4n) is 1.24. The third-order valence-corrected chi connectivity index (χ3v) is 2.31. The Kier molecular flexibility index (Phi) is 4.75. The molecule has 0 aromatic carbocycles. The lowest BCUT2D eigenvalue weighted by Gasteiger charge is -2.14. The number of carbonyl (C=O) groups excluding carboxylic acids is 1. The van der Waals surface area contributed by atoms with Gasteiger partial charge in [0.15, 0.2) is 0 Å². The van der Waals surface area contributed by atoms with Crippen LogP contribution >= 0.6 is 0 Å². The van der Waals surface area contributed by atoms with Crippen LogP contribution in [0.15, 0.2) is 12.4 Å². The van der Waals surface area contributed by atoms with Gasteiger partial charge >= 0.3 is 5.69 Å². The molecule has 0 bridgehead atoms. The van der Waals surface area contributed by atoms with Gasteiger partial charge in [0.1, 0.15) is 12.4 Å². The maximum atomic E-state index is 10.7. The molecule has 2 atom stereocenters.